The summed E-state index contributed by atoms with van der Waals surface area (Å²) >= 11 is 0. The molecule has 0 aliphatic carbocycles. The molecule has 0 amide bonds. The van der Waals surface area contributed by atoms with Crippen molar-refractivity contribution in [1.82, 2.24) is 0 Å². The summed E-state index contributed by atoms with van der Waals surface area (Å²) in [6, 6.07) is 30.9. The Kier molecular flexibility index (Phi) is 7.61. The first-order chi connectivity index (χ1) is 17.2. The summed E-state index contributed by atoms with van der Waals surface area (Å²) in [7, 11) is -10.1. The van der Waals surface area contributed by atoms with Gasteiger partial charge in [-0.1, -0.05) is 121 Å². The number of hydrogen-bond donors (Lipinski definition) is 1. The summed E-state index contributed by atoms with van der Waals surface area (Å²) in [5, 5.41) is 0. The highest BCUT2D eigenvalue weighted by Gasteiger charge is 2.27. The van der Waals surface area contributed by atoms with Gasteiger partial charge in [0.25, 0.3) is 0 Å². The fourth-order valence-electron chi connectivity index (χ4n) is 3.52. The van der Waals surface area contributed by atoms with E-state index in [1.807, 2.05) is 84.9 Å². The van der Waals surface area contributed by atoms with Crippen LogP contribution < -0.4 is 0 Å². The molecule has 4 aromatic rings. The van der Waals surface area contributed by atoms with Crippen molar-refractivity contribution >= 4 is 44.8 Å². The van der Waals surface area contributed by atoms with Crippen LogP contribution in [0.5, 0.6) is 0 Å². The number of rotatable bonds is 8. The molecule has 6 nitrogen and oxygen atoms in total. The minimum atomic E-state index is -5.25. The Balaban J connectivity index is 1.71. The molecule has 8 heteroatoms. The van der Waals surface area contributed by atoms with Crippen LogP contribution in [0.2, 0.25) is 0 Å². The summed E-state index contributed by atoms with van der Waals surface area (Å²) in [5.41, 5.74) is 4.10. The van der Waals surface area contributed by atoms with Crippen molar-refractivity contribution in [1.29, 1.82) is 0 Å². The van der Waals surface area contributed by atoms with E-state index in [0.717, 1.165) is 16.7 Å². The molecule has 0 atom stereocenters. The zero-order chi connectivity index (χ0) is 25.6. The van der Waals surface area contributed by atoms with Gasteiger partial charge in [-0.25, -0.2) is 0 Å². The van der Waals surface area contributed by atoms with E-state index in [4.69, 9.17) is 4.55 Å². The minimum Gasteiger partial charge on any atom is -0.263 e. The van der Waals surface area contributed by atoms with Crippen LogP contribution in [-0.2, 0) is 24.1 Å². The van der Waals surface area contributed by atoms with Gasteiger partial charge in [-0.05, 0) is 33.9 Å². The lowest BCUT2D eigenvalue weighted by Gasteiger charge is -2.11. The van der Waals surface area contributed by atoms with Crippen LogP contribution in [0.15, 0.2) is 108 Å². The third-order valence-corrected chi connectivity index (χ3v) is 7.49. The lowest BCUT2D eigenvalue weighted by atomic mass is 10.0. The van der Waals surface area contributed by atoms with E-state index in [2.05, 4.69) is 3.63 Å². The summed E-state index contributed by atoms with van der Waals surface area (Å²) in [6.07, 6.45) is 7.38. The molecule has 0 saturated heterocycles. The second-order valence-electron chi connectivity index (χ2n) is 7.82. The molecule has 0 bridgehead atoms. The van der Waals surface area contributed by atoms with Gasteiger partial charge in [0, 0.05) is 5.56 Å². The Hall–Kier alpha value is -3.82. The van der Waals surface area contributed by atoms with E-state index < -0.39 is 20.5 Å². The average Bonchev–Trinajstić information content (AvgIpc) is 2.86. The van der Waals surface area contributed by atoms with Crippen molar-refractivity contribution in [2.75, 3.05) is 0 Å². The van der Waals surface area contributed by atoms with Crippen molar-refractivity contribution < 1.29 is 25.0 Å². The molecule has 182 valence electrons. The Labute approximate surface area is 210 Å². The Bertz CT molecular complexity index is 1610. The molecule has 4 rings (SSSR count). The Morgan fingerprint density at radius 1 is 0.556 bits per heavy atom. The maximum atomic E-state index is 12.8. The standard InChI is InChI=1S/C28H22O6S2/c29-35(30,34-36(31,32)33)28-21-25(14-13-23-9-5-2-6-10-23)17-20-27(28)26-18-15-24(16-19-26)12-11-22-7-3-1-4-8-22/h1-21H,(H,31,32,33). The van der Waals surface area contributed by atoms with Gasteiger partial charge >= 0.3 is 20.5 Å². The quantitative estimate of drug-likeness (QED) is 0.220. The summed E-state index contributed by atoms with van der Waals surface area (Å²) in [4.78, 5) is -0.386. The molecule has 0 fully saturated rings. The molecule has 0 heterocycles. The van der Waals surface area contributed by atoms with E-state index in [-0.39, 0.29) is 10.5 Å². The van der Waals surface area contributed by atoms with Gasteiger partial charge in [-0.2, -0.15) is 16.8 Å². The fraction of sp³-hybridized carbons (Fsp3) is 0. The predicted molar refractivity (Wildman–Crippen MR) is 142 cm³/mol. The van der Waals surface area contributed by atoms with E-state index in [0.29, 0.717) is 11.1 Å². The largest absolute Gasteiger partial charge is 0.412 e. The molecule has 0 aliphatic heterocycles. The molecular weight excluding hydrogens is 496 g/mol. The topological polar surface area (TPSA) is 97.7 Å². The summed E-state index contributed by atoms with van der Waals surface area (Å²) in [5.74, 6) is 0. The zero-order valence-corrected chi connectivity index (χ0v) is 20.6. The van der Waals surface area contributed by atoms with Crippen LogP contribution in [0.25, 0.3) is 35.4 Å². The molecule has 1 N–H and O–H groups in total. The average molecular weight is 519 g/mol. The van der Waals surface area contributed by atoms with Crippen LogP contribution >= 0.6 is 0 Å². The van der Waals surface area contributed by atoms with Crippen molar-refractivity contribution in [3.8, 4) is 11.1 Å². The Morgan fingerprint density at radius 3 is 1.50 bits per heavy atom. The first kappa shape index (κ1) is 25.3. The first-order valence-electron chi connectivity index (χ1n) is 10.8. The summed E-state index contributed by atoms with van der Waals surface area (Å²) in [6.45, 7) is 0. The maximum absolute atomic E-state index is 12.8. The minimum absolute atomic E-state index is 0.231. The van der Waals surface area contributed by atoms with Gasteiger partial charge in [0.05, 0.1) is 0 Å². The van der Waals surface area contributed by atoms with Crippen molar-refractivity contribution in [2.24, 2.45) is 0 Å². The SMILES string of the molecule is O=S(=O)(O)OS(=O)(=O)c1cc(C=Cc2ccccc2)ccc1-c1ccc(C=Cc2ccccc2)cc1. The predicted octanol–water partition coefficient (Wildman–Crippen LogP) is 6.20. The van der Waals surface area contributed by atoms with E-state index >= 15 is 0 Å². The highest BCUT2D eigenvalue weighted by Crippen LogP contribution is 2.31. The maximum Gasteiger partial charge on any atom is 0.412 e. The van der Waals surface area contributed by atoms with Crippen molar-refractivity contribution in [3.05, 3.63) is 125 Å². The summed E-state index contributed by atoms with van der Waals surface area (Å²) < 4.78 is 61.2. The van der Waals surface area contributed by atoms with E-state index in [1.165, 1.54) is 6.07 Å². The molecule has 0 aliphatic rings. The van der Waals surface area contributed by atoms with Gasteiger partial charge in [0.1, 0.15) is 4.90 Å². The van der Waals surface area contributed by atoms with Crippen molar-refractivity contribution in [3.63, 3.8) is 0 Å². The van der Waals surface area contributed by atoms with Gasteiger partial charge in [-0.15, -0.1) is 3.63 Å². The molecular formula is C28H22O6S2. The zero-order valence-electron chi connectivity index (χ0n) is 18.9. The monoisotopic (exact) mass is 518 g/mol. The first-order valence-corrected chi connectivity index (χ1v) is 13.6. The lowest BCUT2D eigenvalue weighted by molar-refractivity contribution is 0.383. The Morgan fingerprint density at radius 2 is 1.00 bits per heavy atom. The van der Waals surface area contributed by atoms with Gasteiger partial charge in [0.15, 0.2) is 0 Å². The van der Waals surface area contributed by atoms with Crippen LogP contribution in [0, 0.1) is 0 Å². The van der Waals surface area contributed by atoms with Gasteiger partial charge in [-0.3, -0.25) is 4.55 Å². The third kappa shape index (κ3) is 6.87. The lowest BCUT2D eigenvalue weighted by Crippen LogP contribution is -2.14. The van der Waals surface area contributed by atoms with Gasteiger partial charge < -0.3 is 0 Å². The normalized spacial score (nSPS) is 12.4. The highest BCUT2D eigenvalue weighted by molar-refractivity contribution is 7.97. The molecule has 36 heavy (non-hydrogen) atoms. The number of benzene rings is 4. The van der Waals surface area contributed by atoms with Crippen LogP contribution in [0.1, 0.15) is 22.3 Å². The van der Waals surface area contributed by atoms with E-state index in [1.54, 1.807) is 36.4 Å². The van der Waals surface area contributed by atoms with Crippen LogP contribution in [0.4, 0.5) is 0 Å². The third-order valence-electron chi connectivity index (χ3n) is 5.21. The van der Waals surface area contributed by atoms with Crippen molar-refractivity contribution in [2.45, 2.75) is 4.90 Å². The fourth-order valence-corrected chi connectivity index (χ4v) is 5.46. The molecule has 0 aromatic heterocycles. The van der Waals surface area contributed by atoms with Gasteiger partial charge in [0.2, 0.25) is 0 Å². The highest BCUT2D eigenvalue weighted by atomic mass is 32.3. The number of hydrogen-bond acceptors (Lipinski definition) is 5. The molecule has 0 unspecified atom stereocenters. The molecule has 4 aromatic carbocycles. The second kappa shape index (κ2) is 10.8. The van der Waals surface area contributed by atoms with E-state index in [9.17, 15) is 16.8 Å². The molecule has 0 spiro atoms. The smallest absolute Gasteiger partial charge is 0.263 e. The van der Waals surface area contributed by atoms with Crippen LogP contribution in [-0.4, -0.2) is 21.4 Å². The van der Waals surface area contributed by atoms with Crippen LogP contribution in [0.3, 0.4) is 0 Å². The molecule has 0 saturated carbocycles. The molecule has 0 radical (unpaired) electrons. The second-order valence-corrected chi connectivity index (χ2v) is 10.6.